The maximum Gasteiger partial charge on any atom is 0.298 e. The quantitative estimate of drug-likeness (QED) is 0.480. The molecule has 1 aromatic carbocycles. The molecule has 8 heteroatoms. The van der Waals surface area contributed by atoms with Gasteiger partial charge in [0.25, 0.3) is 11.8 Å². The van der Waals surface area contributed by atoms with Gasteiger partial charge in [-0.25, -0.2) is 0 Å². The van der Waals surface area contributed by atoms with Crippen molar-refractivity contribution in [3.8, 4) is 0 Å². The summed E-state index contributed by atoms with van der Waals surface area (Å²) in [5.74, 6) is -2.60. The van der Waals surface area contributed by atoms with Crippen LogP contribution in [0.5, 0.6) is 0 Å². The summed E-state index contributed by atoms with van der Waals surface area (Å²) in [6.45, 7) is 5.52. The first-order chi connectivity index (χ1) is 12.4. The summed E-state index contributed by atoms with van der Waals surface area (Å²) in [5, 5.41) is 2.78. The molecule has 142 valence electrons. The monoisotopic (exact) mass is 363 g/mol. The molecule has 26 heavy (non-hydrogen) atoms. The van der Waals surface area contributed by atoms with Gasteiger partial charge in [0, 0.05) is 30.4 Å². The number of carbonyl (C=O) groups is 3. The topological polar surface area (TPSA) is 106 Å². The lowest BCUT2D eigenvalue weighted by atomic mass is 10.2. The molecule has 0 spiro atoms. The molecule has 2 rings (SSSR count). The zero-order chi connectivity index (χ0) is 19.2. The fourth-order valence-electron chi connectivity index (χ4n) is 2.35. The summed E-state index contributed by atoms with van der Waals surface area (Å²) in [4.78, 5) is 36.3. The van der Waals surface area contributed by atoms with Gasteiger partial charge in [0.2, 0.25) is 11.7 Å². The molecule has 0 bridgehead atoms. The van der Waals surface area contributed by atoms with Crippen molar-refractivity contribution < 1.29 is 23.9 Å². The minimum Gasteiger partial charge on any atom is -0.343 e. The Hall–Kier alpha value is -2.45. The molecular formula is C18H25N3O5. The molecule has 3 amide bonds. The number of hydrogen-bond acceptors (Lipinski definition) is 5. The standard InChI is InChI=1S/C18H25N3O5/c1-4-25-18(3,26-5-2)17(24)21-20-16(23)13-7-6-8-14(11-13)19-15(22)12-9-10-12/h6-8,11-12H,4-5,9-10H2,1-3H3,(H,19,22)(H,20,23)(H,21,24). The second kappa shape index (κ2) is 8.77. The van der Waals surface area contributed by atoms with Crippen molar-refractivity contribution in [1.29, 1.82) is 0 Å². The van der Waals surface area contributed by atoms with E-state index < -0.39 is 17.6 Å². The van der Waals surface area contributed by atoms with E-state index in [0.29, 0.717) is 11.3 Å². The number of ether oxygens (including phenoxy) is 2. The fraction of sp³-hybridized carbons (Fsp3) is 0.500. The molecular weight excluding hydrogens is 338 g/mol. The zero-order valence-electron chi connectivity index (χ0n) is 15.3. The highest BCUT2D eigenvalue weighted by Crippen LogP contribution is 2.30. The van der Waals surface area contributed by atoms with E-state index in [9.17, 15) is 14.4 Å². The normalized spacial score (nSPS) is 13.8. The molecule has 0 unspecified atom stereocenters. The first-order valence-corrected chi connectivity index (χ1v) is 8.69. The van der Waals surface area contributed by atoms with Gasteiger partial charge in [-0.15, -0.1) is 0 Å². The molecule has 1 aromatic rings. The Balaban J connectivity index is 1.94. The number of anilines is 1. The Morgan fingerprint density at radius 2 is 1.77 bits per heavy atom. The predicted octanol–water partition coefficient (Wildman–Crippen LogP) is 1.59. The summed E-state index contributed by atoms with van der Waals surface area (Å²) in [5.41, 5.74) is 5.47. The van der Waals surface area contributed by atoms with Gasteiger partial charge in [0.1, 0.15) is 0 Å². The second-order valence-electron chi connectivity index (χ2n) is 6.06. The molecule has 0 saturated heterocycles. The van der Waals surface area contributed by atoms with Gasteiger partial charge in [-0.3, -0.25) is 25.2 Å². The third-order valence-electron chi connectivity index (χ3n) is 3.88. The van der Waals surface area contributed by atoms with E-state index in [1.807, 2.05) is 0 Å². The van der Waals surface area contributed by atoms with Gasteiger partial charge < -0.3 is 14.8 Å². The van der Waals surface area contributed by atoms with E-state index in [1.54, 1.807) is 38.1 Å². The van der Waals surface area contributed by atoms with Crippen LogP contribution < -0.4 is 16.2 Å². The lowest BCUT2D eigenvalue weighted by molar-refractivity contribution is -0.219. The SMILES string of the molecule is CCOC(C)(OCC)C(=O)NNC(=O)c1cccc(NC(=O)C2CC2)c1. The second-order valence-corrected chi connectivity index (χ2v) is 6.06. The number of hydrogen-bond donors (Lipinski definition) is 3. The number of hydrazine groups is 1. The third kappa shape index (κ3) is 5.27. The average Bonchev–Trinajstić information content (AvgIpc) is 3.45. The summed E-state index contributed by atoms with van der Waals surface area (Å²) >= 11 is 0. The van der Waals surface area contributed by atoms with Crippen LogP contribution in [0.2, 0.25) is 0 Å². The highest BCUT2D eigenvalue weighted by atomic mass is 16.7. The van der Waals surface area contributed by atoms with Crippen molar-refractivity contribution >= 4 is 23.4 Å². The molecule has 0 heterocycles. The minimum atomic E-state index is -1.49. The van der Waals surface area contributed by atoms with Crippen LogP contribution in [0.1, 0.15) is 44.0 Å². The van der Waals surface area contributed by atoms with Crippen molar-refractivity contribution in [2.45, 2.75) is 39.4 Å². The predicted molar refractivity (Wildman–Crippen MR) is 95.1 cm³/mol. The summed E-state index contributed by atoms with van der Waals surface area (Å²) in [7, 11) is 0. The minimum absolute atomic E-state index is 0.0416. The van der Waals surface area contributed by atoms with E-state index in [2.05, 4.69) is 16.2 Å². The maximum absolute atomic E-state index is 12.3. The van der Waals surface area contributed by atoms with Gasteiger partial charge in [-0.1, -0.05) is 6.07 Å². The molecule has 1 aliphatic rings. The van der Waals surface area contributed by atoms with Crippen LogP contribution in [0.4, 0.5) is 5.69 Å². The Kier molecular flexibility index (Phi) is 6.70. The van der Waals surface area contributed by atoms with Crippen LogP contribution in [0.3, 0.4) is 0 Å². The van der Waals surface area contributed by atoms with Crippen LogP contribution in [0.15, 0.2) is 24.3 Å². The van der Waals surface area contributed by atoms with E-state index in [-0.39, 0.29) is 25.0 Å². The van der Waals surface area contributed by atoms with E-state index in [1.165, 1.54) is 6.92 Å². The van der Waals surface area contributed by atoms with Crippen molar-refractivity contribution in [2.75, 3.05) is 18.5 Å². The Bertz CT molecular complexity index is 667. The largest absolute Gasteiger partial charge is 0.343 e. The van der Waals surface area contributed by atoms with Gasteiger partial charge in [-0.2, -0.15) is 0 Å². The van der Waals surface area contributed by atoms with E-state index in [4.69, 9.17) is 9.47 Å². The summed E-state index contributed by atoms with van der Waals surface area (Å²) in [6, 6.07) is 6.49. The molecule has 0 radical (unpaired) electrons. The molecule has 0 atom stereocenters. The van der Waals surface area contributed by atoms with E-state index >= 15 is 0 Å². The summed E-state index contributed by atoms with van der Waals surface area (Å²) in [6.07, 6.45) is 1.80. The van der Waals surface area contributed by atoms with Crippen LogP contribution >= 0.6 is 0 Å². The van der Waals surface area contributed by atoms with Crippen LogP contribution in [-0.4, -0.2) is 36.7 Å². The number of nitrogens with one attached hydrogen (secondary N) is 3. The molecule has 1 saturated carbocycles. The average molecular weight is 363 g/mol. The van der Waals surface area contributed by atoms with Gasteiger partial charge >= 0.3 is 0 Å². The molecule has 0 aliphatic heterocycles. The van der Waals surface area contributed by atoms with Gasteiger partial charge in [0.05, 0.1) is 0 Å². The number of rotatable bonds is 8. The Morgan fingerprint density at radius 1 is 1.12 bits per heavy atom. The molecule has 8 nitrogen and oxygen atoms in total. The van der Waals surface area contributed by atoms with Gasteiger partial charge in [0.15, 0.2) is 0 Å². The highest BCUT2D eigenvalue weighted by molar-refractivity contribution is 5.99. The molecule has 3 N–H and O–H groups in total. The molecule has 1 fully saturated rings. The van der Waals surface area contributed by atoms with Crippen molar-refractivity contribution in [2.24, 2.45) is 5.92 Å². The third-order valence-corrected chi connectivity index (χ3v) is 3.88. The number of amides is 3. The van der Waals surface area contributed by atoms with E-state index in [0.717, 1.165) is 12.8 Å². The lowest BCUT2D eigenvalue weighted by Gasteiger charge is -2.27. The van der Waals surface area contributed by atoms with Gasteiger partial charge in [-0.05, 0) is 51.8 Å². The first kappa shape index (κ1) is 19.9. The van der Waals surface area contributed by atoms with Crippen LogP contribution in [0.25, 0.3) is 0 Å². The Labute approximate surface area is 152 Å². The smallest absolute Gasteiger partial charge is 0.298 e. The highest BCUT2D eigenvalue weighted by Gasteiger charge is 2.35. The number of carbonyl (C=O) groups excluding carboxylic acids is 3. The Morgan fingerprint density at radius 3 is 2.35 bits per heavy atom. The molecule has 1 aliphatic carbocycles. The van der Waals surface area contributed by atoms with Crippen molar-refractivity contribution in [3.63, 3.8) is 0 Å². The fourth-order valence-corrected chi connectivity index (χ4v) is 2.35. The summed E-state index contributed by atoms with van der Waals surface area (Å²) < 4.78 is 10.7. The zero-order valence-corrected chi connectivity index (χ0v) is 15.3. The number of benzene rings is 1. The first-order valence-electron chi connectivity index (χ1n) is 8.69. The van der Waals surface area contributed by atoms with Crippen LogP contribution in [0, 0.1) is 5.92 Å². The maximum atomic E-state index is 12.3. The lowest BCUT2D eigenvalue weighted by Crippen LogP contribution is -2.54. The molecule has 0 aromatic heterocycles. The van der Waals surface area contributed by atoms with Crippen LogP contribution in [-0.2, 0) is 19.1 Å². The van der Waals surface area contributed by atoms with Crippen molar-refractivity contribution in [3.05, 3.63) is 29.8 Å². The van der Waals surface area contributed by atoms with Crippen molar-refractivity contribution in [1.82, 2.24) is 10.9 Å².